The van der Waals surface area contributed by atoms with Crippen LogP contribution in [0.15, 0.2) is 53.0 Å². The number of benzene rings is 2. The number of carbonyl (C=O) groups is 2. The van der Waals surface area contributed by atoms with Crippen LogP contribution >= 0.6 is 15.9 Å². The first-order valence-electron chi connectivity index (χ1n) is 6.59. The topological polar surface area (TPSA) is 58.2 Å². The lowest BCUT2D eigenvalue weighted by Gasteiger charge is -2.07. The molecule has 0 aromatic heterocycles. The SMILES string of the molecule is O=C(Cc1ccc(F)cc1)NCC(=O)Nc1cccc(Br)c1. The van der Waals surface area contributed by atoms with Crippen LogP contribution in [0, 0.1) is 5.82 Å². The molecule has 0 atom stereocenters. The lowest BCUT2D eigenvalue weighted by Crippen LogP contribution is -2.33. The van der Waals surface area contributed by atoms with Gasteiger partial charge in [0, 0.05) is 10.2 Å². The van der Waals surface area contributed by atoms with E-state index in [1.165, 1.54) is 24.3 Å². The van der Waals surface area contributed by atoms with Crippen LogP contribution in [-0.4, -0.2) is 18.4 Å². The van der Waals surface area contributed by atoms with Crippen molar-refractivity contribution >= 4 is 33.4 Å². The Morgan fingerprint density at radius 3 is 2.45 bits per heavy atom. The monoisotopic (exact) mass is 364 g/mol. The fraction of sp³-hybridized carbons (Fsp3) is 0.125. The van der Waals surface area contributed by atoms with Gasteiger partial charge in [-0.25, -0.2) is 4.39 Å². The largest absolute Gasteiger partial charge is 0.347 e. The molecule has 0 aliphatic heterocycles. The van der Waals surface area contributed by atoms with E-state index in [0.717, 1.165) is 4.47 Å². The van der Waals surface area contributed by atoms with Gasteiger partial charge in [0.15, 0.2) is 0 Å². The van der Waals surface area contributed by atoms with Crippen LogP contribution in [0.1, 0.15) is 5.56 Å². The molecule has 0 bridgehead atoms. The first kappa shape index (κ1) is 16.2. The van der Waals surface area contributed by atoms with Gasteiger partial charge in [0.2, 0.25) is 11.8 Å². The van der Waals surface area contributed by atoms with Crippen LogP contribution in [0.2, 0.25) is 0 Å². The van der Waals surface area contributed by atoms with Crippen molar-refractivity contribution in [2.45, 2.75) is 6.42 Å². The Hall–Kier alpha value is -2.21. The number of hydrogen-bond donors (Lipinski definition) is 2. The lowest BCUT2D eigenvalue weighted by atomic mass is 10.1. The molecule has 0 radical (unpaired) electrons. The maximum absolute atomic E-state index is 12.8. The highest BCUT2D eigenvalue weighted by Crippen LogP contribution is 2.15. The summed E-state index contributed by atoms with van der Waals surface area (Å²) in [7, 11) is 0. The zero-order valence-corrected chi connectivity index (χ0v) is 13.2. The summed E-state index contributed by atoms with van der Waals surface area (Å²) in [6, 6.07) is 12.8. The molecule has 2 aromatic carbocycles. The molecule has 22 heavy (non-hydrogen) atoms. The van der Waals surface area contributed by atoms with E-state index in [1.807, 2.05) is 6.07 Å². The molecule has 0 aliphatic rings. The van der Waals surface area contributed by atoms with E-state index in [2.05, 4.69) is 26.6 Å². The fourth-order valence-electron chi connectivity index (χ4n) is 1.80. The van der Waals surface area contributed by atoms with Gasteiger partial charge in [0.1, 0.15) is 5.82 Å². The van der Waals surface area contributed by atoms with Crippen LogP contribution in [-0.2, 0) is 16.0 Å². The van der Waals surface area contributed by atoms with E-state index in [9.17, 15) is 14.0 Å². The third-order valence-corrected chi connectivity index (χ3v) is 3.33. The molecule has 2 amide bonds. The molecule has 0 spiro atoms. The summed E-state index contributed by atoms with van der Waals surface area (Å²) in [5, 5.41) is 5.20. The van der Waals surface area contributed by atoms with E-state index < -0.39 is 0 Å². The van der Waals surface area contributed by atoms with Crippen molar-refractivity contribution in [2.75, 3.05) is 11.9 Å². The van der Waals surface area contributed by atoms with E-state index in [4.69, 9.17) is 0 Å². The summed E-state index contributed by atoms with van der Waals surface area (Å²) >= 11 is 3.31. The highest BCUT2D eigenvalue weighted by Gasteiger charge is 2.07. The molecule has 0 heterocycles. The van der Waals surface area contributed by atoms with Crippen molar-refractivity contribution in [3.63, 3.8) is 0 Å². The Morgan fingerprint density at radius 2 is 1.77 bits per heavy atom. The van der Waals surface area contributed by atoms with Gasteiger partial charge in [0.25, 0.3) is 0 Å². The Balaban J connectivity index is 1.78. The van der Waals surface area contributed by atoms with Crippen molar-refractivity contribution in [2.24, 2.45) is 0 Å². The summed E-state index contributed by atoms with van der Waals surface area (Å²) in [4.78, 5) is 23.5. The first-order chi connectivity index (χ1) is 10.5. The zero-order chi connectivity index (χ0) is 15.9. The molecule has 2 aromatic rings. The van der Waals surface area contributed by atoms with Gasteiger partial charge < -0.3 is 10.6 Å². The third kappa shape index (κ3) is 5.29. The molecule has 0 aliphatic carbocycles. The van der Waals surface area contributed by atoms with E-state index >= 15 is 0 Å². The second-order valence-electron chi connectivity index (χ2n) is 4.64. The molecule has 114 valence electrons. The minimum atomic E-state index is -0.349. The number of rotatable bonds is 5. The molecule has 0 saturated carbocycles. The molecule has 0 saturated heterocycles. The van der Waals surface area contributed by atoms with E-state index in [0.29, 0.717) is 11.3 Å². The molecular formula is C16H14BrFN2O2. The van der Waals surface area contributed by atoms with Crippen molar-refractivity contribution < 1.29 is 14.0 Å². The van der Waals surface area contributed by atoms with Crippen LogP contribution in [0.4, 0.5) is 10.1 Å². The average molecular weight is 365 g/mol. The van der Waals surface area contributed by atoms with Gasteiger partial charge in [-0.05, 0) is 35.9 Å². The molecular weight excluding hydrogens is 351 g/mol. The van der Waals surface area contributed by atoms with E-state index in [1.54, 1.807) is 18.2 Å². The third-order valence-electron chi connectivity index (χ3n) is 2.83. The summed E-state index contributed by atoms with van der Waals surface area (Å²) in [5.41, 5.74) is 1.33. The fourth-order valence-corrected chi connectivity index (χ4v) is 2.20. The van der Waals surface area contributed by atoms with Crippen LogP contribution < -0.4 is 10.6 Å². The Bertz CT molecular complexity index is 674. The van der Waals surface area contributed by atoms with Crippen LogP contribution in [0.3, 0.4) is 0 Å². The quantitative estimate of drug-likeness (QED) is 0.856. The van der Waals surface area contributed by atoms with Gasteiger partial charge in [0.05, 0.1) is 13.0 Å². The number of amides is 2. The maximum atomic E-state index is 12.8. The maximum Gasteiger partial charge on any atom is 0.243 e. The van der Waals surface area contributed by atoms with Gasteiger partial charge in [-0.15, -0.1) is 0 Å². The predicted molar refractivity (Wildman–Crippen MR) is 85.9 cm³/mol. The summed E-state index contributed by atoms with van der Waals surface area (Å²) in [5.74, 6) is -0.959. The molecule has 0 unspecified atom stereocenters. The first-order valence-corrected chi connectivity index (χ1v) is 7.39. The Labute approximate surface area is 135 Å². The van der Waals surface area contributed by atoms with Crippen molar-refractivity contribution in [1.82, 2.24) is 5.32 Å². The second kappa shape index (κ2) is 7.70. The molecule has 0 fully saturated rings. The number of nitrogens with one attached hydrogen (secondary N) is 2. The lowest BCUT2D eigenvalue weighted by molar-refractivity contribution is -0.123. The Kier molecular flexibility index (Phi) is 5.66. The number of anilines is 1. The molecule has 6 heteroatoms. The van der Waals surface area contributed by atoms with Crippen molar-refractivity contribution in [3.05, 3.63) is 64.4 Å². The van der Waals surface area contributed by atoms with Crippen LogP contribution in [0.25, 0.3) is 0 Å². The van der Waals surface area contributed by atoms with Crippen LogP contribution in [0.5, 0.6) is 0 Å². The van der Waals surface area contributed by atoms with E-state index in [-0.39, 0.29) is 30.6 Å². The summed E-state index contributed by atoms with van der Waals surface area (Å²) < 4.78 is 13.6. The molecule has 2 rings (SSSR count). The minimum absolute atomic E-state index is 0.102. The average Bonchev–Trinajstić information content (AvgIpc) is 2.48. The minimum Gasteiger partial charge on any atom is -0.347 e. The molecule has 2 N–H and O–H groups in total. The summed E-state index contributed by atoms with van der Waals surface area (Å²) in [6.07, 6.45) is 0.102. The number of carbonyl (C=O) groups excluding carboxylic acids is 2. The zero-order valence-electron chi connectivity index (χ0n) is 11.6. The predicted octanol–water partition coefficient (Wildman–Crippen LogP) is 2.89. The van der Waals surface area contributed by atoms with Gasteiger partial charge in [-0.3, -0.25) is 9.59 Å². The Morgan fingerprint density at radius 1 is 1.05 bits per heavy atom. The second-order valence-corrected chi connectivity index (χ2v) is 5.55. The summed E-state index contributed by atoms with van der Waals surface area (Å²) in [6.45, 7) is -0.119. The van der Waals surface area contributed by atoms with Gasteiger partial charge in [-0.1, -0.05) is 34.1 Å². The number of halogens is 2. The van der Waals surface area contributed by atoms with Crippen molar-refractivity contribution in [1.29, 1.82) is 0 Å². The number of hydrogen-bond acceptors (Lipinski definition) is 2. The standard InChI is InChI=1S/C16H14BrFN2O2/c17-12-2-1-3-14(9-12)20-16(22)10-19-15(21)8-11-4-6-13(18)7-5-11/h1-7,9H,8,10H2,(H,19,21)(H,20,22). The molecule has 4 nitrogen and oxygen atoms in total. The normalized spacial score (nSPS) is 10.1. The van der Waals surface area contributed by atoms with Gasteiger partial charge >= 0.3 is 0 Å². The smallest absolute Gasteiger partial charge is 0.243 e. The highest BCUT2D eigenvalue weighted by molar-refractivity contribution is 9.10. The van der Waals surface area contributed by atoms with Gasteiger partial charge in [-0.2, -0.15) is 0 Å². The van der Waals surface area contributed by atoms with Crippen molar-refractivity contribution in [3.8, 4) is 0 Å². The highest BCUT2D eigenvalue weighted by atomic mass is 79.9.